The number of halogens is 2. The predicted molar refractivity (Wildman–Crippen MR) is 161 cm³/mol. The van der Waals surface area contributed by atoms with E-state index in [0.717, 1.165) is 0 Å². The van der Waals surface area contributed by atoms with Gasteiger partial charge in [0, 0.05) is 23.2 Å². The number of fused-ring (bicyclic) bond motifs is 2. The van der Waals surface area contributed by atoms with Gasteiger partial charge in [0.1, 0.15) is 11.2 Å². The summed E-state index contributed by atoms with van der Waals surface area (Å²) >= 11 is 12.7. The lowest BCUT2D eigenvalue weighted by atomic mass is 9.64. The SMILES string of the molecule is COC(=O)c1ccc(NC(=O)[C@@H]2N[C@@H](CC(C)(C)C)[C@@]3(C(=O)Nc4cc(Cl)cnc43)[C@H]2c2cccc(Cl)c2)c(OC)c1. The van der Waals surface area contributed by atoms with E-state index in [4.69, 9.17) is 32.7 Å². The van der Waals surface area contributed by atoms with Gasteiger partial charge < -0.3 is 25.4 Å². The van der Waals surface area contributed by atoms with Crippen molar-refractivity contribution in [1.82, 2.24) is 10.3 Å². The van der Waals surface area contributed by atoms with Crippen LogP contribution in [-0.4, -0.2) is 49.1 Å². The Balaban J connectivity index is 1.65. The van der Waals surface area contributed by atoms with E-state index in [2.05, 4.69) is 41.7 Å². The van der Waals surface area contributed by atoms with E-state index in [1.807, 2.05) is 6.07 Å². The van der Waals surface area contributed by atoms with E-state index in [1.54, 1.807) is 36.4 Å². The van der Waals surface area contributed by atoms with Crippen molar-refractivity contribution in [3.05, 3.63) is 81.6 Å². The monoisotopic (exact) mass is 610 g/mol. The first-order chi connectivity index (χ1) is 19.9. The number of methoxy groups -OCH3 is 2. The van der Waals surface area contributed by atoms with Crippen LogP contribution in [0.25, 0.3) is 0 Å². The number of esters is 1. The summed E-state index contributed by atoms with van der Waals surface area (Å²) in [6, 6.07) is 12.1. The molecule has 2 aliphatic rings. The van der Waals surface area contributed by atoms with Crippen LogP contribution in [0.5, 0.6) is 5.75 Å². The number of anilines is 2. The number of nitrogens with one attached hydrogen (secondary N) is 3. The predicted octanol–water partition coefficient (Wildman–Crippen LogP) is 5.57. The standard InChI is InChI=1S/C31H32Cl2N4O5/c1-30(2,3)14-23-31(26-21(36-29(31)40)13-19(33)15-34-26)24(16-7-6-8-18(32)11-16)25(37-23)27(38)35-20-10-9-17(28(39)42-5)12-22(20)41-4/h6-13,15,23-25,37H,14H2,1-5H3,(H,35,38)(H,36,40)/t23-,24-,25+,31+/m0/s1. The van der Waals surface area contributed by atoms with Crippen molar-refractivity contribution < 1.29 is 23.9 Å². The van der Waals surface area contributed by atoms with Crippen LogP contribution in [0.4, 0.5) is 11.4 Å². The first-order valence-corrected chi connectivity index (χ1v) is 14.2. The van der Waals surface area contributed by atoms with Crippen molar-refractivity contribution in [2.24, 2.45) is 5.41 Å². The maximum Gasteiger partial charge on any atom is 0.337 e. The number of nitrogens with zero attached hydrogens (tertiary/aromatic N) is 1. The topological polar surface area (TPSA) is 119 Å². The molecule has 1 saturated heterocycles. The molecule has 4 atom stereocenters. The number of aromatic nitrogens is 1. The third-order valence-corrected chi connectivity index (χ3v) is 8.25. The van der Waals surface area contributed by atoms with Crippen molar-refractivity contribution in [2.75, 3.05) is 24.9 Å². The highest BCUT2D eigenvalue weighted by Crippen LogP contribution is 2.56. The van der Waals surface area contributed by atoms with E-state index in [9.17, 15) is 14.4 Å². The number of hydrogen-bond donors (Lipinski definition) is 3. The maximum absolute atomic E-state index is 14.2. The van der Waals surface area contributed by atoms with Gasteiger partial charge in [0.15, 0.2) is 0 Å². The van der Waals surface area contributed by atoms with E-state index >= 15 is 0 Å². The molecule has 5 rings (SSSR count). The zero-order valence-electron chi connectivity index (χ0n) is 23.9. The van der Waals surface area contributed by atoms with Crippen LogP contribution < -0.4 is 20.7 Å². The largest absolute Gasteiger partial charge is 0.495 e. The average Bonchev–Trinajstić information content (AvgIpc) is 3.41. The molecule has 42 heavy (non-hydrogen) atoms. The first-order valence-electron chi connectivity index (χ1n) is 13.4. The highest BCUT2D eigenvalue weighted by atomic mass is 35.5. The van der Waals surface area contributed by atoms with Gasteiger partial charge in [-0.1, -0.05) is 56.1 Å². The van der Waals surface area contributed by atoms with Crippen LogP contribution in [0.3, 0.4) is 0 Å². The molecule has 1 spiro atoms. The molecule has 0 aliphatic carbocycles. The van der Waals surface area contributed by atoms with Gasteiger partial charge in [0.05, 0.1) is 47.9 Å². The molecule has 2 aromatic carbocycles. The summed E-state index contributed by atoms with van der Waals surface area (Å²) in [5.41, 5.74) is 0.919. The summed E-state index contributed by atoms with van der Waals surface area (Å²) in [6.45, 7) is 6.25. The van der Waals surface area contributed by atoms with Crippen molar-refractivity contribution in [2.45, 2.75) is 50.6 Å². The van der Waals surface area contributed by atoms with Crippen molar-refractivity contribution in [3.63, 3.8) is 0 Å². The molecule has 3 N–H and O–H groups in total. The van der Waals surface area contributed by atoms with Gasteiger partial charge in [0.2, 0.25) is 11.8 Å². The molecule has 9 nitrogen and oxygen atoms in total. The summed E-state index contributed by atoms with van der Waals surface area (Å²) in [7, 11) is 2.73. The van der Waals surface area contributed by atoms with Crippen LogP contribution in [-0.2, 0) is 19.7 Å². The summed E-state index contributed by atoms with van der Waals surface area (Å²) in [5.74, 6) is -1.61. The minimum atomic E-state index is -1.25. The third-order valence-electron chi connectivity index (χ3n) is 7.81. The second-order valence-corrected chi connectivity index (χ2v) is 12.6. The van der Waals surface area contributed by atoms with E-state index in [-0.39, 0.29) is 22.6 Å². The summed E-state index contributed by atoms with van der Waals surface area (Å²) in [6.07, 6.45) is 2.08. The number of amides is 2. The maximum atomic E-state index is 14.2. The quantitative estimate of drug-likeness (QED) is 0.312. The summed E-state index contributed by atoms with van der Waals surface area (Å²) in [5, 5.41) is 10.3. The minimum Gasteiger partial charge on any atom is -0.495 e. The fourth-order valence-electron chi connectivity index (χ4n) is 6.20. The lowest BCUT2D eigenvalue weighted by Crippen LogP contribution is -2.50. The van der Waals surface area contributed by atoms with Crippen LogP contribution in [0, 0.1) is 5.41 Å². The molecule has 0 unspecified atom stereocenters. The molecule has 0 saturated carbocycles. The highest BCUT2D eigenvalue weighted by molar-refractivity contribution is 6.31. The van der Waals surface area contributed by atoms with Crippen molar-refractivity contribution in [3.8, 4) is 5.75 Å². The zero-order valence-corrected chi connectivity index (χ0v) is 25.4. The molecule has 3 aromatic rings. The average molecular weight is 612 g/mol. The van der Waals surface area contributed by atoms with Gasteiger partial charge in [-0.25, -0.2) is 4.79 Å². The van der Waals surface area contributed by atoms with Crippen molar-refractivity contribution in [1.29, 1.82) is 0 Å². The van der Waals surface area contributed by atoms with E-state index < -0.39 is 35.3 Å². The third kappa shape index (κ3) is 5.21. The number of rotatable bonds is 6. The highest BCUT2D eigenvalue weighted by Gasteiger charge is 2.66. The molecular formula is C31H32Cl2N4O5. The van der Waals surface area contributed by atoms with Gasteiger partial charge in [-0.05, 0) is 53.8 Å². The normalized spacial score (nSPS) is 22.9. The molecule has 2 amide bonds. The smallest absolute Gasteiger partial charge is 0.337 e. The minimum absolute atomic E-state index is 0.211. The fraction of sp³-hybridized carbons (Fsp3) is 0.355. The number of hydrogen-bond acceptors (Lipinski definition) is 7. The van der Waals surface area contributed by atoms with Crippen molar-refractivity contribution >= 4 is 52.4 Å². The Bertz CT molecular complexity index is 1570. The van der Waals surface area contributed by atoms with Crippen LogP contribution in [0.15, 0.2) is 54.7 Å². The molecule has 220 valence electrons. The molecule has 0 radical (unpaired) electrons. The molecule has 3 heterocycles. The van der Waals surface area contributed by atoms with Crippen LogP contribution >= 0.6 is 23.2 Å². The number of carbonyl (C=O) groups is 3. The number of ether oxygens (including phenoxy) is 2. The number of pyridine rings is 1. The van der Waals surface area contributed by atoms with Gasteiger partial charge in [-0.2, -0.15) is 0 Å². The van der Waals surface area contributed by atoms with Crippen LogP contribution in [0.2, 0.25) is 10.0 Å². The Labute approximate surface area is 254 Å². The Morgan fingerprint density at radius 1 is 1.07 bits per heavy atom. The molecule has 11 heteroatoms. The van der Waals surface area contributed by atoms with Gasteiger partial charge in [-0.15, -0.1) is 0 Å². The Kier molecular flexibility index (Phi) is 7.96. The molecule has 2 aliphatic heterocycles. The van der Waals surface area contributed by atoms with Crippen LogP contribution in [0.1, 0.15) is 54.7 Å². The second-order valence-electron chi connectivity index (χ2n) is 11.8. The summed E-state index contributed by atoms with van der Waals surface area (Å²) < 4.78 is 10.3. The summed E-state index contributed by atoms with van der Waals surface area (Å²) in [4.78, 5) is 45.2. The van der Waals surface area contributed by atoms with E-state index in [0.29, 0.717) is 39.1 Å². The Morgan fingerprint density at radius 2 is 1.83 bits per heavy atom. The second kappa shape index (κ2) is 11.2. The van der Waals surface area contributed by atoms with E-state index in [1.165, 1.54) is 26.5 Å². The molecule has 0 bridgehead atoms. The van der Waals surface area contributed by atoms with Gasteiger partial charge in [-0.3, -0.25) is 14.6 Å². The fourth-order valence-corrected chi connectivity index (χ4v) is 6.55. The zero-order chi connectivity index (χ0) is 30.4. The van der Waals surface area contributed by atoms with Gasteiger partial charge in [0.25, 0.3) is 0 Å². The number of benzene rings is 2. The Hall–Kier alpha value is -3.66. The Morgan fingerprint density at radius 3 is 2.50 bits per heavy atom. The molecule has 1 fully saturated rings. The van der Waals surface area contributed by atoms with Gasteiger partial charge >= 0.3 is 5.97 Å². The first kappa shape index (κ1) is 29.8. The lowest BCUT2D eigenvalue weighted by molar-refractivity contribution is -0.122. The lowest BCUT2D eigenvalue weighted by Gasteiger charge is -2.36. The molecule has 1 aromatic heterocycles. The number of carbonyl (C=O) groups excluding carboxylic acids is 3. The molecular weight excluding hydrogens is 579 g/mol.